The molecule has 1 aliphatic rings. The normalized spacial score (nSPS) is 14.2. The maximum absolute atomic E-state index is 12.2. The molecule has 1 amide bonds. The monoisotopic (exact) mass is 335 g/mol. The summed E-state index contributed by atoms with van der Waals surface area (Å²) in [7, 11) is 0. The molecule has 7 nitrogen and oxygen atoms in total. The Morgan fingerprint density at radius 2 is 2.00 bits per heavy atom. The van der Waals surface area contributed by atoms with E-state index >= 15 is 0 Å². The maximum atomic E-state index is 12.2. The number of rotatable bonds is 4. The van der Waals surface area contributed by atoms with Gasteiger partial charge in [0.25, 0.3) is 0 Å². The van der Waals surface area contributed by atoms with Gasteiger partial charge in [-0.15, -0.1) is 0 Å². The highest BCUT2D eigenvalue weighted by molar-refractivity contribution is 5.93. The number of carbonyl (C=O) groups excluding carboxylic acids is 1. The Bertz CT molecular complexity index is 887. The summed E-state index contributed by atoms with van der Waals surface area (Å²) in [5, 5.41) is 6.55. The lowest BCUT2D eigenvalue weighted by Gasteiger charge is -2.38. The van der Waals surface area contributed by atoms with E-state index in [1.54, 1.807) is 19.3 Å². The van der Waals surface area contributed by atoms with Crippen LogP contribution in [-0.2, 0) is 4.79 Å². The van der Waals surface area contributed by atoms with Gasteiger partial charge in [0.05, 0.1) is 11.6 Å². The van der Waals surface area contributed by atoms with Gasteiger partial charge in [0, 0.05) is 30.8 Å². The van der Waals surface area contributed by atoms with Gasteiger partial charge in [-0.3, -0.25) is 4.79 Å². The fourth-order valence-corrected chi connectivity index (χ4v) is 2.77. The highest BCUT2D eigenvalue weighted by atomic mass is 16.5. The third-order valence-electron chi connectivity index (χ3n) is 4.18. The second-order valence-corrected chi connectivity index (χ2v) is 6.04. The van der Waals surface area contributed by atoms with E-state index in [9.17, 15) is 4.79 Å². The molecule has 0 saturated carbocycles. The SMILES string of the molecule is Cc1cc(NC(=O)C2CN(c3cc(-c4ccccc4)ncn3)C2)no1. The number of aromatic nitrogens is 3. The lowest BCUT2D eigenvalue weighted by atomic mass is 9.99. The van der Waals surface area contributed by atoms with Crippen molar-refractivity contribution < 1.29 is 9.32 Å². The summed E-state index contributed by atoms with van der Waals surface area (Å²) in [6.45, 7) is 3.02. The number of amides is 1. The zero-order chi connectivity index (χ0) is 17.2. The number of anilines is 2. The van der Waals surface area contributed by atoms with E-state index < -0.39 is 0 Å². The summed E-state index contributed by atoms with van der Waals surface area (Å²) in [4.78, 5) is 22.9. The first kappa shape index (κ1) is 15.3. The molecule has 1 aromatic carbocycles. The molecule has 1 aliphatic heterocycles. The molecular formula is C18H17N5O2. The van der Waals surface area contributed by atoms with Crippen molar-refractivity contribution in [1.82, 2.24) is 15.1 Å². The third-order valence-corrected chi connectivity index (χ3v) is 4.18. The van der Waals surface area contributed by atoms with Gasteiger partial charge in [0.15, 0.2) is 5.82 Å². The van der Waals surface area contributed by atoms with Gasteiger partial charge >= 0.3 is 0 Å². The summed E-state index contributed by atoms with van der Waals surface area (Å²) in [5.74, 6) is 1.80. The van der Waals surface area contributed by atoms with Gasteiger partial charge < -0.3 is 14.7 Å². The van der Waals surface area contributed by atoms with Gasteiger partial charge in [0.2, 0.25) is 5.91 Å². The number of benzene rings is 1. The van der Waals surface area contributed by atoms with Gasteiger partial charge in [-0.25, -0.2) is 9.97 Å². The molecule has 25 heavy (non-hydrogen) atoms. The fraction of sp³-hybridized carbons (Fsp3) is 0.222. The molecule has 0 unspecified atom stereocenters. The van der Waals surface area contributed by atoms with Crippen molar-refractivity contribution in [2.24, 2.45) is 5.92 Å². The number of nitrogens with zero attached hydrogens (tertiary/aromatic N) is 4. The van der Waals surface area contributed by atoms with Crippen molar-refractivity contribution in [3.05, 3.63) is 54.6 Å². The van der Waals surface area contributed by atoms with Crippen molar-refractivity contribution in [3.63, 3.8) is 0 Å². The van der Waals surface area contributed by atoms with Crippen LogP contribution >= 0.6 is 0 Å². The molecule has 126 valence electrons. The molecule has 7 heteroatoms. The molecule has 4 rings (SSSR count). The van der Waals surface area contributed by atoms with Crippen LogP contribution in [0, 0.1) is 12.8 Å². The average molecular weight is 335 g/mol. The van der Waals surface area contributed by atoms with E-state index in [0.29, 0.717) is 24.7 Å². The quantitative estimate of drug-likeness (QED) is 0.789. The Morgan fingerprint density at radius 3 is 2.72 bits per heavy atom. The molecule has 0 aliphatic carbocycles. The Morgan fingerprint density at radius 1 is 1.20 bits per heavy atom. The molecule has 3 heterocycles. The van der Waals surface area contributed by atoms with Crippen molar-refractivity contribution in [3.8, 4) is 11.3 Å². The van der Waals surface area contributed by atoms with Crippen molar-refractivity contribution in [2.75, 3.05) is 23.3 Å². The highest BCUT2D eigenvalue weighted by Gasteiger charge is 2.34. The molecule has 3 aromatic rings. The summed E-state index contributed by atoms with van der Waals surface area (Å²) in [6.07, 6.45) is 1.56. The maximum Gasteiger partial charge on any atom is 0.232 e. The first-order chi connectivity index (χ1) is 12.2. The van der Waals surface area contributed by atoms with Crippen LogP contribution in [0.5, 0.6) is 0 Å². The lowest BCUT2D eigenvalue weighted by Crippen LogP contribution is -2.52. The number of hydrogen-bond donors (Lipinski definition) is 1. The van der Waals surface area contributed by atoms with Crippen LogP contribution in [0.2, 0.25) is 0 Å². The third kappa shape index (κ3) is 3.21. The number of nitrogens with one attached hydrogen (secondary N) is 1. The predicted octanol–water partition coefficient (Wildman–Crippen LogP) is 2.51. The van der Waals surface area contributed by atoms with E-state index in [2.05, 4.69) is 25.3 Å². The molecule has 0 bridgehead atoms. The zero-order valence-electron chi connectivity index (χ0n) is 13.7. The zero-order valence-corrected chi connectivity index (χ0v) is 13.7. The second-order valence-electron chi connectivity index (χ2n) is 6.04. The van der Waals surface area contributed by atoms with E-state index in [1.165, 1.54) is 0 Å². The molecule has 0 spiro atoms. The number of aryl methyl sites for hydroxylation is 1. The topological polar surface area (TPSA) is 84.2 Å². The Kier molecular flexibility index (Phi) is 3.89. The lowest BCUT2D eigenvalue weighted by molar-refractivity contribution is -0.120. The number of carbonyl (C=O) groups is 1. The molecule has 0 atom stereocenters. The van der Waals surface area contributed by atoms with E-state index in [1.807, 2.05) is 36.4 Å². The van der Waals surface area contributed by atoms with E-state index in [0.717, 1.165) is 17.1 Å². The first-order valence-corrected chi connectivity index (χ1v) is 8.05. The minimum absolute atomic E-state index is 0.0538. The second kappa shape index (κ2) is 6.35. The summed E-state index contributed by atoms with van der Waals surface area (Å²) < 4.78 is 4.95. The fourth-order valence-electron chi connectivity index (χ4n) is 2.77. The summed E-state index contributed by atoms with van der Waals surface area (Å²) in [6, 6.07) is 13.6. The Balaban J connectivity index is 1.40. The minimum atomic E-state index is -0.0906. The average Bonchev–Trinajstić information content (AvgIpc) is 2.99. The van der Waals surface area contributed by atoms with Crippen LogP contribution in [-0.4, -0.2) is 34.1 Å². The molecule has 1 N–H and O–H groups in total. The van der Waals surface area contributed by atoms with Gasteiger partial charge in [-0.05, 0) is 6.92 Å². The highest BCUT2D eigenvalue weighted by Crippen LogP contribution is 2.26. The van der Waals surface area contributed by atoms with Crippen LogP contribution in [0.3, 0.4) is 0 Å². The van der Waals surface area contributed by atoms with Crippen LogP contribution in [0.15, 0.2) is 53.3 Å². The van der Waals surface area contributed by atoms with Gasteiger partial charge in [-0.2, -0.15) is 0 Å². The van der Waals surface area contributed by atoms with Crippen LogP contribution in [0.4, 0.5) is 11.6 Å². The molecule has 2 aromatic heterocycles. The molecule has 1 fully saturated rings. The smallest absolute Gasteiger partial charge is 0.232 e. The van der Waals surface area contributed by atoms with Gasteiger partial charge in [-0.1, -0.05) is 35.5 Å². The van der Waals surface area contributed by atoms with E-state index in [-0.39, 0.29) is 11.8 Å². The van der Waals surface area contributed by atoms with Crippen LogP contribution in [0.1, 0.15) is 5.76 Å². The summed E-state index contributed by atoms with van der Waals surface area (Å²) in [5.41, 5.74) is 1.92. The minimum Gasteiger partial charge on any atom is -0.360 e. The molecule has 1 saturated heterocycles. The van der Waals surface area contributed by atoms with Crippen LogP contribution in [0.25, 0.3) is 11.3 Å². The van der Waals surface area contributed by atoms with Gasteiger partial charge in [0.1, 0.15) is 17.9 Å². The van der Waals surface area contributed by atoms with Crippen molar-refractivity contribution in [1.29, 1.82) is 0 Å². The molecule has 0 radical (unpaired) electrons. The first-order valence-electron chi connectivity index (χ1n) is 8.05. The number of hydrogen-bond acceptors (Lipinski definition) is 6. The molecular weight excluding hydrogens is 318 g/mol. The Hall–Kier alpha value is -3.22. The standard InChI is InChI=1S/C18H17N5O2/c1-12-7-16(22-25-12)21-18(24)14-9-23(10-14)17-8-15(19-11-20-17)13-5-3-2-4-6-13/h2-8,11,14H,9-10H2,1H3,(H,21,22,24). The van der Waals surface area contributed by atoms with Crippen molar-refractivity contribution >= 4 is 17.5 Å². The van der Waals surface area contributed by atoms with Crippen molar-refractivity contribution in [2.45, 2.75) is 6.92 Å². The predicted molar refractivity (Wildman–Crippen MR) is 93.0 cm³/mol. The van der Waals surface area contributed by atoms with Crippen LogP contribution < -0.4 is 10.2 Å². The largest absolute Gasteiger partial charge is 0.360 e. The van der Waals surface area contributed by atoms with E-state index in [4.69, 9.17) is 4.52 Å². The summed E-state index contributed by atoms with van der Waals surface area (Å²) >= 11 is 0. The Labute approximate surface area is 144 Å².